The van der Waals surface area contributed by atoms with Gasteiger partial charge >= 0.3 is 0 Å². The van der Waals surface area contributed by atoms with Gasteiger partial charge in [0, 0.05) is 47.2 Å². The summed E-state index contributed by atoms with van der Waals surface area (Å²) in [4.78, 5) is 24.5. The third kappa shape index (κ3) is 6.58. The minimum absolute atomic E-state index is 0.202. The second kappa shape index (κ2) is 13.3. The van der Waals surface area contributed by atoms with Crippen LogP contribution in [0.3, 0.4) is 0 Å². The van der Waals surface area contributed by atoms with Crippen molar-refractivity contribution >= 4 is 44.9 Å². The molecule has 3 aromatic carbocycles. The predicted octanol–water partition coefficient (Wildman–Crippen LogP) is 6.93. The lowest BCUT2D eigenvalue weighted by Gasteiger charge is -2.38. The molecule has 2 aromatic heterocycles. The van der Waals surface area contributed by atoms with Crippen LogP contribution in [0, 0.1) is 0 Å². The van der Waals surface area contributed by atoms with Gasteiger partial charge in [0.15, 0.2) is 0 Å². The zero-order valence-electron chi connectivity index (χ0n) is 25.5. The molecule has 44 heavy (non-hydrogen) atoms. The molecule has 9 heteroatoms. The van der Waals surface area contributed by atoms with Gasteiger partial charge in [-0.2, -0.15) is 5.10 Å². The molecule has 1 saturated heterocycles. The minimum Gasteiger partial charge on any atom is -0.492 e. The maximum absolute atomic E-state index is 13.0. The Morgan fingerprint density at radius 1 is 1.05 bits per heavy atom. The van der Waals surface area contributed by atoms with E-state index < -0.39 is 0 Å². The molecule has 0 radical (unpaired) electrons. The minimum atomic E-state index is -0.202. The zero-order chi connectivity index (χ0) is 30.5. The summed E-state index contributed by atoms with van der Waals surface area (Å²) in [5, 5.41) is 12.9. The largest absolute Gasteiger partial charge is 0.492 e. The normalized spacial score (nSPS) is 17.3. The highest BCUT2D eigenvalue weighted by atomic mass is 16.5. The van der Waals surface area contributed by atoms with Crippen molar-refractivity contribution in [2.75, 3.05) is 23.8 Å². The van der Waals surface area contributed by atoms with Crippen LogP contribution in [0.1, 0.15) is 45.6 Å². The predicted molar refractivity (Wildman–Crippen MR) is 177 cm³/mol. The van der Waals surface area contributed by atoms with Crippen LogP contribution in [0.2, 0.25) is 0 Å². The van der Waals surface area contributed by atoms with Crippen molar-refractivity contribution in [3.05, 3.63) is 90.9 Å². The first-order valence-corrected chi connectivity index (χ1v) is 15.4. The summed E-state index contributed by atoms with van der Waals surface area (Å²) in [6, 6.07) is 21.2. The van der Waals surface area contributed by atoms with E-state index in [0.29, 0.717) is 48.0 Å². The number of nitrogens with zero attached hydrogens (tertiary/aromatic N) is 5. The number of piperidine rings is 1. The van der Waals surface area contributed by atoms with E-state index >= 15 is 0 Å². The van der Waals surface area contributed by atoms with E-state index in [1.54, 1.807) is 6.08 Å². The maximum atomic E-state index is 13.0. The molecule has 1 fully saturated rings. The van der Waals surface area contributed by atoms with E-state index in [1.807, 2.05) is 60.3 Å². The summed E-state index contributed by atoms with van der Waals surface area (Å²) < 4.78 is 7.89. The molecule has 0 spiro atoms. The van der Waals surface area contributed by atoms with Crippen LogP contribution >= 0.6 is 0 Å². The standard InChI is InChI=1S/C35H39N7O2/c1-4-44-33-20-30-29(19-31(33)40-34(43)14-9-17-41-24(2)10-8-11-25(41)3)35(37-23-36-30)39-28-15-16-32-27(18-28)21-38-42(32)22-26-12-6-5-7-13-26/h5-7,9,12-16,18-21,23-25H,4,8,10-11,17,22H2,1-3H3,(H,40,43)(H,36,37,39)/b14-9+/t24-,25+. The zero-order valence-corrected chi connectivity index (χ0v) is 25.5. The average molecular weight is 590 g/mol. The van der Waals surface area contributed by atoms with Crippen LogP contribution in [0.5, 0.6) is 5.75 Å². The number of hydrogen-bond acceptors (Lipinski definition) is 7. The molecule has 2 N–H and O–H groups in total. The van der Waals surface area contributed by atoms with Crippen molar-refractivity contribution in [1.29, 1.82) is 0 Å². The maximum Gasteiger partial charge on any atom is 0.248 e. The second-order valence-corrected chi connectivity index (χ2v) is 11.4. The van der Waals surface area contributed by atoms with E-state index in [4.69, 9.17) is 4.74 Å². The van der Waals surface area contributed by atoms with Gasteiger partial charge in [-0.05, 0) is 63.4 Å². The number of amides is 1. The molecule has 1 amide bonds. The highest BCUT2D eigenvalue weighted by molar-refractivity contribution is 6.03. The molecule has 1 aliphatic heterocycles. The fourth-order valence-electron chi connectivity index (χ4n) is 6.03. The van der Waals surface area contributed by atoms with Gasteiger partial charge in [-0.1, -0.05) is 42.8 Å². The van der Waals surface area contributed by atoms with Gasteiger partial charge in [0.2, 0.25) is 5.91 Å². The number of ether oxygens (including phenoxy) is 1. The summed E-state index contributed by atoms with van der Waals surface area (Å²) in [6.07, 6.45) is 10.6. The van der Waals surface area contributed by atoms with Crippen molar-refractivity contribution < 1.29 is 9.53 Å². The lowest BCUT2D eigenvalue weighted by Crippen LogP contribution is -2.43. The third-order valence-corrected chi connectivity index (χ3v) is 8.34. The first-order chi connectivity index (χ1) is 21.5. The van der Waals surface area contributed by atoms with Crippen LogP contribution in [-0.2, 0) is 11.3 Å². The Morgan fingerprint density at radius 2 is 1.86 bits per heavy atom. The van der Waals surface area contributed by atoms with Crippen LogP contribution in [-0.4, -0.2) is 55.8 Å². The van der Waals surface area contributed by atoms with Crippen LogP contribution < -0.4 is 15.4 Å². The fourth-order valence-corrected chi connectivity index (χ4v) is 6.03. The van der Waals surface area contributed by atoms with E-state index in [-0.39, 0.29) is 5.91 Å². The van der Waals surface area contributed by atoms with Gasteiger partial charge in [0.25, 0.3) is 0 Å². The van der Waals surface area contributed by atoms with Gasteiger partial charge in [-0.15, -0.1) is 0 Å². The number of likely N-dealkylation sites (tertiary alicyclic amines) is 1. The van der Waals surface area contributed by atoms with Gasteiger partial charge in [-0.3, -0.25) is 14.4 Å². The Bertz CT molecular complexity index is 1770. The molecule has 5 aromatic rings. The van der Waals surface area contributed by atoms with Gasteiger partial charge in [0.05, 0.1) is 36.1 Å². The van der Waals surface area contributed by atoms with E-state index in [0.717, 1.165) is 28.5 Å². The molecule has 6 rings (SSSR count). The molecule has 0 unspecified atom stereocenters. The Balaban J connectivity index is 1.22. The number of benzene rings is 3. The number of nitrogens with one attached hydrogen (secondary N) is 2. The van der Waals surface area contributed by atoms with Crippen molar-refractivity contribution in [3.8, 4) is 5.75 Å². The van der Waals surface area contributed by atoms with Crippen molar-refractivity contribution in [1.82, 2.24) is 24.6 Å². The van der Waals surface area contributed by atoms with Crippen LogP contribution in [0.15, 0.2) is 85.3 Å². The smallest absolute Gasteiger partial charge is 0.248 e. The third-order valence-electron chi connectivity index (χ3n) is 8.34. The van der Waals surface area contributed by atoms with Gasteiger partial charge < -0.3 is 15.4 Å². The number of rotatable bonds is 10. The monoisotopic (exact) mass is 589 g/mol. The first kappa shape index (κ1) is 29.3. The van der Waals surface area contributed by atoms with Crippen molar-refractivity contribution in [2.24, 2.45) is 0 Å². The SMILES string of the molecule is CCOc1cc2ncnc(Nc3ccc4c(cnn4Cc4ccccc4)c3)c2cc1NC(=O)/C=C/CN1[C@H](C)CCC[C@@H]1C. The number of aromatic nitrogens is 4. The highest BCUT2D eigenvalue weighted by Crippen LogP contribution is 2.34. The summed E-state index contributed by atoms with van der Waals surface area (Å²) in [7, 11) is 0. The van der Waals surface area contributed by atoms with Gasteiger partial charge in [-0.25, -0.2) is 9.97 Å². The molecule has 226 valence electrons. The number of hydrogen-bond donors (Lipinski definition) is 2. The topological polar surface area (TPSA) is 97.2 Å². The lowest BCUT2D eigenvalue weighted by atomic mass is 9.98. The van der Waals surface area contributed by atoms with Crippen molar-refractivity contribution in [3.63, 3.8) is 0 Å². The number of carbonyl (C=O) groups excluding carboxylic acids is 1. The first-order valence-electron chi connectivity index (χ1n) is 15.4. The average Bonchev–Trinajstić information content (AvgIpc) is 3.41. The Kier molecular flexibility index (Phi) is 8.84. The second-order valence-electron chi connectivity index (χ2n) is 11.4. The quantitative estimate of drug-likeness (QED) is 0.171. The fraction of sp³-hybridized carbons (Fsp3) is 0.314. The van der Waals surface area contributed by atoms with E-state index in [2.05, 4.69) is 68.7 Å². The van der Waals surface area contributed by atoms with Crippen molar-refractivity contribution in [2.45, 2.75) is 58.7 Å². The number of anilines is 3. The van der Waals surface area contributed by atoms with E-state index in [9.17, 15) is 4.79 Å². The molecule has 9 nitrogen and oxygen atoms in total. The summed E-state index contributed by atoms with van der Waals surface area (Å²) in [6.45, 7) is 8.36. The summed E-state index contributed by atoms with van der Waals surface area (Å²) in [5.74, 6) is 0.997. The molecular formula is C35H39N7O2. The molecule has 1 aliphatic rings. The molecular weight excluding hydrogens is 550 g/mol. The molecule has 0 aliphatic carbocycles. The number of fused-ring (bicyclic) bond motifs is 2. The number of carbonyl (C=O) groups is 1. The van der Waals surface area contributed by atoms with Crippen LogP contribution in [0.4, 0.5) is 17.2 Å². The molecule has 0 bridgehead atoms. The van der Waals surface area contributed by atoms with Gasteiger partial charge in [0.1, 0.15) is 17.9 Å². The molecule has 2 atom stereocenters. The molecule has 3 heterocycles. The van der Waals surface area contributed by atoms with E-state index in [1.165, 1.54) is 31.2 Å². The summed E-state index contributed by atoms with van der Waals surface area (Å²) >= 11 is 0. The lowest BCUT2D eigenvalue weighted by molar-refractivity contribution is -0.111. The highest BCUT2D eigenvalue weighted by Gasteiger charge is 2.23. The Hall–Kier alpha value is -4.76. The molecule has 0 saturated carbocycles. The van der Waals surface area contributed by atoms with Crippen LogP contribution in [0.25, 0.3) is 21.8 Å². The Morgan fingerprint density at radius 3 is 2.66 bits per heavy atom. The Labute approximate surface area is 258 Å². The summed E-state index contributed by atoms with van der Waals surface area (Å²) in [5.41, 5.74) is 4.41.